The van der Waals surface area contributed by atoms with Crippen LogP contribution in [0.3, 0.4) is 0 Å². The molecule has 0 aromatic heterocycles. The van der Waals surface area contributed by atoms with E-state index in [2.05, 4.69) is 19.9 Å². The summed E-state index contributed by atoms with van der Waals surface area (Å²) in [5.74, 6) is 1.17. The van der Waals surface area contributed by atoms with Crippen LogP contribution in [0.4, 0.5) is 0 Å². The maximum atomic E-state index is 11.5. The fraction of sp³-hybridized carbons (Fsp3) is 0.900. The van der Waals surface area contributed by atoms with Gasteiger partial charge in [-0.2, -0.15) is 5.26 Å². The topological polar surface area (TPSA) is 50.1 Å². The van der Waals surface area contributed by atoms with Crippen molar-refractivity contribution in [2.45, 2.75) is 27.2 Å². The average molecular weight is 214 g/mol. The lowest BCUT2D eigenvalue weighted by Gasteiger charge is -2.50. The zero-order valence-electron chi connectivity index (χ0n) is 9.12. The highest BCUT2D eigenvalue weighted by Crippen LogP contribution is 2.42. The smallest absolute Gasteiger partial charge is 0.123 e. The molecule has 0 spiro atoms. The third-order valence-electron chi connectivity index (χ3n) is 3.17. The molecule has 1 unspecified atom stereocenters. The van der Waals surface area contributed by atoms with Gasteiger partial charge in [0.1, 0.15) is 5.75 Å². The molecule has 1 rings (SSSR count). The Balaban J connectivity index is 2.52. The first kappa shape index (κ1) is 11.8. The lowest BCUT2D eigenvalue weighted by Crippen LogP contribution is -2.60. The Morgan fingerprint density at radius 3 is 2.50 bits per heavy atom. The van der Waals surface area contributed by atoms with Gasteiger partial charge in [0.25, 0.3) is 0 Å². The minimum absolute atomic E-state index is 0.0968. The number of hydrogen-bond acceptors (Lipinski definition) is 3. The zero-order valence-corrected chi connectivity index (χ0v) is 9.93. The largest absolute Gasteiger partial charge is 0.598 e. The predicted octanol–water partition coefficient (Wildman–Crippen LogP) is 1.54. The van der Waals surface area contributed by atoms with E-state index in [9.17, 15) is 4.55 Å². The van der Waals surface area contributed by atoms with Crippen molar-refractivity contribution in [1.29, 1.82) is 5.26 Å². The van der Waals surface area contributed by atoms with Crippen molar-refractivity contribution in [2.24, 2.45) is 11.3 Å². The van der Waals surface area contributed by atoms with Crippen LogP contribution in [0.5, 0.6) is 0 Å². The first-order chi connectivity index (χ1) is 6.55. The standard InChI is InChI=1S/C10H18N2OS/c1-4-14(13)12-7-10(8-12,5-6-11)9(2)3/h9H,4-5,7-8H2,1-3H3. The van der Waals surface area contributed by atoms with Crippen molar-refractivity contribution in [3.05, 3.63) is 0 Å². The van der Waals surface area contributed by atoms with Gasteiger partial charge in [-0.15, -0.1) is 4.31 Å². The second kappa shape index (κ2) is 4.52. The van der Waals surface area contributed by atoms with Gasteiger partial charge in [-0.25, -0.2) is 0 Å². The molecule has 0 N–H and O–H groups in total. The first-order valence-electron chi connectivity index (χ1n) is 5.06. The summed E-state index contributed by atoms with van der Waals surface area (Å²) in [6.07, 6.45) is 0.585. The number of nitriles is 1. The Hall–Kier alpha value is -0.240. The van der Waals surface area contributed by atoms with Crippen LogP contribution in [-0.4, -0.2) is 27.7 Å². The van der Waals surface area contributed by atoms with Gasteiger partial charge in [0.2, 0.25) is 0 Å². The van der Waals surface area contributed by atoms with Crippen molar-refractivity contribution < 1.29 is 4.55 Å². The van der Waals surface area contributed by atoms with Gasteiger partial charge in [0.05, 0.1) is 19.2 Å². The second-order valence-electron chi connectivity index (χ2n) is 4.26. The molecule has 0 saturated carbocycles. The monoisotopic (exact) mass is 214 g/mol. The minimum atomic E-state index is -0.828. The highest BCUT2D eigenvalue weighted by Gasteiger charge is 2.49. The van der Waals surface area contributed by atoms with Crippen molar-refractivity contribution in [1.82, 2.24) is 4.31 Å². The van der Waals surface area contributed by atoms with Crippen molar-refractivity contribution in [2.75, 3.05) is 18.8 Å². The molecule has 1 aliphatic heterocycles. The summed E-state index contributed by atoms with van der Waals surface area (Å²) in [5, 5.41) is 8.75. The van der Waals surface area contributed by atoms with Gasteiger partial charge in [-0.05, 0) is 12.8 Å². The molecule has 4 heteroatoms. The summed E-state index contributed by atoms with van der Waals surface area (Å²) in [6.45, 7) is 7.85. The van der Waals surface area contributed by atoms with Gasteiger partial charge in [0.15, 0.2) is 0 Å². The number of rotatable bonds is 4. The van der Waals surface area contributed by atoms with Crippen molar-refractivity contribution in [3.8, 4) is 6.07 Å². The average Bonchev–Trinajstić information content (AvgIpc) is 2.08. The van der Waals surface area contributed by atoms with Gasteiger partial charge in [-0.3, -0.25) is 0 Å². The zero-order chi connectivity index (χ0) is 10.8. The molecule has 1 aliphatic rings. The molecule has 3 nitrogen and oxygen atoms in total. The van der Waals surface area contributed by atoms with E-state index in [-0.39, 0.29) is 5.41 Å². The van der Waals surface area contributed by atoms with E-state index in [1.807, 2.05) is 11.2 Å². The minimum Gasteiger partial charge on any atom is -0.598 e. The maximum Gasteiger partial charge on any atom is 0.123 e. The van der Waals surface area contributed by atoms with Gasteiger partial charge >= 0.3 is 0 Å². The molecule has 1 atom stereocenters. The molecule has 1 saturated heterocycles. The molecule has 1 heterocycles. The van der Waals surface area contributed by atoms with Crippen molar-refractivity contribution >= 4 is 11.4 Å². The molecule has 1 fully saturated rings. The molecular formula is C10H18N2OS. The summed E-state index contributed by atoms with van der Waals surface area (Å²) in [4.78, 5) is 0. The SMILES string of the molecule is CC[S+]([O-])N1CC(CC#N)(C(C)C)C1. The summed E-state index contributed by atoms with van der Waals surface area (Å²) < 4.78 is 13.4. The lowest BCUT2D eigenvalue weighted by molar-refractivity contribution is 0.0266. The molecule has 0 aromatic rings. The van der Waals surface area contributed by atoms with Crippen LogP contribution in [0.25, 0.3) is 0 Å². The molecule has 0 radical (unpaired) electrons. The fourth-order valence-electron chi connectivity index (χ4n) is 1.82. The third-order valence-corrected chi connectivity index (χ3v) is 4.50. The van der Waals surface area contributed by atoms with Crippen LogP contribution in [0.1, 0.15) is 27.2 Å². The summed E-state index contributed by atoms with van der Waals surface area (Å²) in [5.41, 5.74) is 0.0968. The normalized spacial score (nSPS) is 22.9. The van der Waals surface area contributed by atoms with E-state index < -0.39 is 11.4 Å². The molecule has 0 aromatic carbocycles. The predicted molar refractivity (Wildman–Crippen MR) is 57.8 cm³/mol. The molecular weight excluding hydrogens is 196 g/mol. The molecule has 0 bridgehead atoms. The molecule has 80 valence electrons. The van der Waals surface area contributed by atoms with Crippen molar-refractivity contribution in [3.63, 3.8) is 0 Å². The third kappa shape index (κ3) is 2.05. The summed E-state index contributed by atoms with van der Waals surface area (Å²) >= 11 is -0.828. The highest BCUT2D eigenvalue weighted by molar-refractivity contribution is 7.89. The number of hydrogen-bond donors (Lipinski definition) is 0. The summed E-state index contributed by atoms with van der Waals surface area (Å²) in [7, 11) is 0. The molecule has 14 heavy (non-hydrogen) atoms. The molecule has 0 aliphatic carbocycles. The fourth-order valence-corrected chi connectivity index (χ4v) is 2.99. The van der Waals surface area contributed by atoms with Crippen LogP contribution >= 0.6 is 0 Å². The lowest BCUT2D eigenvalue weighted by atomic mass is 9.70. The van der Waals surface area contributed by atoms with Crippen LogP contribution in [0, 0.1) is 22.7 Å². The van der Waals surface area contributed by atoms with E-state index in [1.165, 1.54) is 0 Å². The Morgan fingerprint density at radius 2 is 2.14 bits per heavy atom. The molecule has 0 amide bonds. The van der Waals surface area contributed by atoms with E-state index in [0.29, 0.717) is 18.1 Å². The van der Waals surface area contributed by atoms with Crippen LogP contribution in [0.15, 0.2) is 0 Å². The second-order valence-corrected chi connectivity index (χ2v) is 6.00. The Bertz CT molecular complexity index is 231. The van der Waals surface area contributed by atoms with Crippen LogP contribution in [0.2, 0.25) is 0 Å². The van der Waals surface area contributed by atoms with Gasteiger partial charge in [-0.1, -0.05) is 13.8 Å². The van der Waals surface area contributed by atoms with Gasteiger partial charge in [0, 0.05) is 23.2 Å². The van der Waals surface area contributed by atoms with E-state index in [1.54, 1.807) is 0 Å². The van der Waals surface area contributed by atoms with Gasteiger partial charge < -0.3 is 4.55 Å². The summed E-state index contributed by atoms with van der Waals surface area (Å²) in [6, 6.07) is 2.24. The highest BCUT2D eigenvalue weighted by atomic mass is 32.2. The Kier molecular flexibility index (Phi) is 3.82. The quantitative estimate of drug-likeness (QED) is 0.667. The van der Waals surface area contributed by atoms with Crippen LogP contribution in [-0.2, 0) is 11.4 Å². The number of nitrogens with zero attached hydrogens (tertiary/aromatic N) is 2. The van der Waals surface area contributed by atoms with E-state index in [0.717, 1.165) is 13.1 Å². The van der Waals surface area contributed by atoms with Crippen LogP contribution < -0.4 is 0 Å². The first-order valence-corrected chi connectivity index (χ1v) is 6.33. The Labute approximate surface area is 89.4 Å². The van der Waals surface area contributed by atoms with E-state index >= 15 is 0 Å². The maximum absolute atomic E-state index is 11.5. The Morgan fingerprint density at radius 1 is 1.57 bits per heavy atom. The van der Waals surface area contributed by atoms with E-state index in [4.69, 9.17) is 5.26 Å².